The van der Waals surface area contributed by atoms with Crippen molar-refractivity contribution in [3.63, 3.8) is 0 Å². The minimum absolute atomic E-state index is 0.116. The molecule has 1 aromatic carbocycles. The average molecular weight is 291 g/mol. The fraction of sp³-hybridized carbons (Fsp3) is 0.500. The maximum atomic E-state index is 12.0. The molecule has 0 saturated carbocycles. The van der Waals surface area contributed by atoms with Gasteiger partial charge in [0.05, 0.1) is 6.04 Å². The summed E-state index contributed by atoms with van der Waals surface area (Å²) in [7, 11) is 0. The van der Waals surface area contributed by atoms with E-state index >= 15 is 0 Å². The van der Waals surface area contributed by atoms with E-state index in [4.69, 9.17) is 5.73 Å². The highest BCUT2D eigenvalue weighted by Gasteiger charge is 2.16. The van der Waals surface area contributed by atoms with Crippen LogP contribution in [0.1, 0.15) is 43.1 Å². The summed E-state index contributed by atoms with van der Waals surface area (Å²) in [5.74, 6) is 0.0551. The summed E-state index contributed by atoms with van der Waals surface area (Å²) in [5, 5.41) is 5.56. The lowest BCUT2D eigenvalue weighted by atomic mass is 10.0. The lowest BCUT2D eigenvalue weighted by Crippen LogP contribution is -2.36. The molecule has 0 saturated heterocycles. The van der Waals surface area contributed by atoms with Gasteiger partial charge in [0.25, 0.3) is 5.91 Å². The molecule has 0 bridgehead atoms. The van der Waals surface area contributed by atoms with E-state index in [9.17, 15) is 9.59 Å². The highest BCUT2D eigenvalue weighted by Crippen LogP contribution is 2.17. The van der Waals surface area contributed by atoms with Crippen molar-refractivity contribution < 1.29 is 9.59 Å². The van der Waals surface area contributed by atoms with E-state index in [0.29, 0.717) is 30.1 Å². The maximum Gasteiger partial charge on any atom is 0.251 e. The summed E-state index contributed by atoms with van der Waals surface area (Å²) >= 11 is 0. The lowest BCUT2D eigenvalue weighted by molar-refractivity contribution is -0.117. The first-order valence-electron chi connectivity index (χ1n) is 7.30. The fourth-order valence-electron chi connectivity index (χ4n) is 2.05. The van der Waals surface area contributed by atoms with Crippen molar-refractivity contribution >= 4 is 17.5 Å². The first kappa shape index (κ1) is 17.2. The Labute approximate surface area is 126 Å². The van der Waals surface area contributed by atoms with Crippen LogP contribution in [0.3, 0.4) is 0 Å². The molecule has 5 heteroatoms. The fourth-order valence-corrected chi connectivity index (χ4v) is 2.05. The van der Waals surface area contributed by atoms with E-state index in [1.165, 1.54) is 0 Å². The van der Waals surface area contributed by atoms with E-state index in [-0.39, 0.29) is 11.8 Å². The smallest absolute Gasteiger partial charge is 0.251 e. The summed E-state index contributed by atoms with van der Waals surface area (Å²) < 4.78 is 0. The summed E-state index contributed by atoms with van der Waals surface area (Å²) in [6, 6.07) is 4.67. The van der Waals surface area contributed by atoms with Gasteiger partial charge >= 0.3 is 0 Å². The molecule has 0 fully saturated rings. The van der Waals surface area contributed by atoms with Crippen LogP contribution in [-0.4, -0.2) is 24.4 Å². The average Bonchev–Trinajstić information content (AvgIpc) is 2.40. The number of carbonyl (C=O) groups excluding carboxylic acids is 2. The molecule has 0 heterocycles. The number of hydrogen-bond acceptors (Lipinski definition) is 3. The van der Waals surface area contributed by atoms with Crippen LogP contribution >= 0.6 is 0 Å². The Kier molecular flexibility index (Phi) is 6.37. The first-order chi connectivity index (χ1) is 9.85. The van der Waals surface area contributed by atoms with Crippen LogP contribution in [0.25, 0.3) is 0 Å². The third-order valence-electron chi connectivity index (χ3n) is 3.15. The molecule has 1 aromatic rings. The van der Waals surface area contributed by atoms with Crippen LogP contribution in [0, 0.1) is 12.8 Å². The van der Waals surface area contributed by atoms with Gasteiger partial charge in [-0.1, -0.05) is 13.8 Å². The number of nitrogens with two attached hydrogens (primary N) is 1. The van der Waals surface area contributed by atoms with Crippen molar-refractivity contribution in [1.29, 1.82) is 0 Å². The van der Waals surface area contributed by atoms with Crippen LogP contribution < -0.4 is 16.4 Å². The Morgan fingerprint density at radius 3 is 2.48 bits per heavy atom. The molecule has 0 aliphatic carbocycles. The number of amides is 2. The van der Waals surface area contributed by atoms with Gasteiger partial charge in [0.1, 0.15) is 0 Å². The Morgan fingerprint density at radius 2 is 1.95 bits per heavy atom. The largest absolute Gasteiger partial charge is 0.352 e. The van der Waals surface area contributed by atoms with Crippen LogP contribution in [0.2, 0.25) is 0 Å². The predicted octanol–water partition coefficient (Wildman–Crippen LogP) is 2.06. The molecule has 4 N–H and O–H groups in total. The van der Waals surface area contributed by atoms with Crippen LogP contribution in [0.15, 0.2) is 18.2 Å². The molecule has 0 radical (unpaired) electrons. The van der Waals surface area contributed by atoms with Crippen molar-refractivity contribution in [1.82, 2.24) is 5.32 Å². The van der Waals surface area contributed by atoms with Gasteiger partial charge < -0.3 is 16.4 Å². The number of hydrogen-bond donors (Lipinski definition) is 3. The van der Waals surface area contributed by atoms with Crippen LogP contribution in [0.4, 0.5) is 5.69 Å². The molecule has 1 unspecified atom stereocenters. The van der Waals surface area contributed by atoms with Gasteiger partial charge in [-0.15, -0.1) is 0 Å². The predicted molar refractivity (Wildman–Crippen MR) is 85.2 cm³/mol. The Balaban J connectivity index is 2.77. The van der Waals surface area contributed by atoms with E-state index < -0.39 is 6.04 Å². The highest BCUT2D eigenvalue weighted by molar-refractivity contribution is 5.97. The maximum absolute atomic E-state index is 12.0. The number of anilines is 1. The van der Waals surface area contributed by atoms with Gasteiger partial charge in [-0.3, -0.25) is 9.59 Å². The zero-order valence-electron chi connectivity index (χ0n) is 13.2. The van der Waals surface area contributed by atoms with Crippen molar-refractivity contribution in [2.24, 2.45) is 11.7 Å². The second-order valence-electron chi connectivity index (χ2n) is 5.61. The summed E-state index contributed by atoms with van der Waals surface area (Å²) in [6.07, 6.45) is 0.641. The van der Waals surface area contributed by atoms with Gasteiger partial charge in [0, 0.05) is 17.8 Å². The van der Waals surface area contributed by atoms with Crippen molar-refractivity contribution in [3.05, 3.63) is 29.3 Å². The molecule has 0 aliphatic heterocycles. The number of rotatable bonds is 6. The molecule has 0 aromatic heterocycles. The third-order valence-corrected chi connectivity index (χ3v) is 3.15. The standard InChI is InChI=1S/C16H25N3O2/c1-5-18-15(20)12-6-7-14(11(4)9-12)19-16(21)13(17)8-10(2)3/h6-7,9-10,13H,5,8,17H2,1-4H3,(H,18,20)(H,19,21). The normalized spacial score (nSPS) is 12.1. The third kappa shape index (κ3) is 5.19. The van der Waals surface area contributed by atoms with Gasteiger partial charge in [-0.2, -0.15) is 0 Å². The summed E-state index contributed by atoms with van der Waals surface area (Å²) in [6.45, 7) is 8.36. The molecule has 5 nitrogen and oxygen atoms in total. The Hall–Kier alpha value is -1.88. The second kappa shape index (κ2) is 7.78. The lowest BCUT2D eigenvalue weighted by Gasteiger charge is -2.15. The zero-order valence-corrected chi connectivity index (χ0v) is 13.2. The minimum atomic E-state index is -0.521. The molecule has 21 heavy (non-hydrogen) atoms. The van der Waals surface area contributed by atoms with E-state index in [1.807, 2.05) is 27.7 Å². The molecule has 0 aliphatic rings. The number of benzene rings is 1. The molecule has 116 valence electrons. The topological polar surface area (TPSA) is 84.2 Å². The SMILES string of the molecule is CCNC(=O)c1ccc(NC(=O)C(N)CC(C)C)c(C)c1. The molecule has 2 amide bonds. The van der Waals surface area contributed by atoms with E-state index in [0.717, 1.165) is 5.56 Å². The van der Waals surface area contributed by atoms with Gasteiger partial charge in [-0.25, -0.2) is 0 Å². The molecular formula is C16H25N3O2. The van der Waals surface area contributed by atoms with Crippen LogP contribution in [-0.2, 0) is 4.79 Å². The number of carbonyl (C=O) groups is 2. The number of nitrogens with one attached hydrogen (secondary N) is 2. The second-order valence-corrected chi connectivity index (χ2v) is 5.61. The van der Waals surface area contributed by atoms with Gasteiger partial charge in [0.15, 0.2) is 0 Å². The molecular weight excluding hydrogens is 266 g/mol. The van der Waals surface area contributed by atoms with Crippen molar-refractivity contribution in [2.75, 3.05) is 11.9 Å². The van der Waals surface area contributed by atoms with Crippen LogP contribution in [0.5, 0.6) is 0 Å². The van der Waals surface area contributed by atoms with E-state index in [2.05, 4.69) is 10.6 Å². The van der Waals surface area contributed by atoms with Crippen molar-refractivity contribution in [2.45, 2.75) is 40.2 Å². The highest BCUT2D eigenvalue weighted by atomic mass is 16.2. The molecule has 1 rings (SSSR count). The monoisotopic (exact) mass is 291 g/mol. The van der Waals surface area contributed by atoms with E-state index in [1.54, 1.807) is 18.2 Å². The Bertz CT molecular complexity index is 512. The summed E-state index contributed by atoms with van der Waals surface area (Å²) in [4.78, 5) is 23.7. The minimum Gasteiger partial charge on any atom is -0.352 e. The Morgan fingerprint density at radius 1 is 1.29 bits per heavy atom. The molecule has 1 atom stereocenters. The summed E-state index contributed by atoms with van der Waals surface area (Å²) in [5.41, 5.74) is 7.96. The number of aryl methyl sites for hydroxylation is 1. The van der Waals surface area contributed by atoms with Crippen molar-refractivity contribution in [3.8, 4) is 0 Å². The van der Waals surface area contributed by atoms with Gasteiger partial charge in [-0.05, 0) is 49.9 Å². The quantitative estimate of drug-likeness (QED) is 0.750. The zero-order chi connectivity index (χ0) is 16.0. The first-order valence-corrected chi connectivity index (χ1v) is 7.30. The van der Waals surface area contributed by atoms with Gasteiger partial charge in [0.2, 0.25) is 5.91 Å². The molecule has 0 spiro atoms.